The van der Waals surface area contributed by atoms with E-state index in [1.807, 2.05) is 11.8 Å². The van der Waals surface area contributed by atoms with Gasteiger partial charge >= 0.3 is 0 Å². The summed E-state index contributed by atoms with van der Waals surface area (Å²) in [7, 11) is 0. The van der Waals surface area contributed by atoms with Crippen molar-refractivity contribution in [3.8, 4) is 0 Å². The second-order valence-corrected chi connectivity index (χ2v) is 4.97. The fourth-order valence-corrected chi connectivity index (χ4v) is 2.59. The van der Waals surface area contributed by atoms with E-state index in [1.54, 1.807) is 0 Å². The number of hydrogen-bond donors (Lipinski definition) is 0. The summed E-state index contributed by atoms with van der Waals surface area (Å²) in [6, 6.07) is 0. The Kier molecular flexibility index (Phi) is 2.78. The molecule has 1 aliphatic carbocycles. The first-order chi connectivity index (χ1) is 4.68. The van der Waals surface area contributed by atoms with Crippen molar-refractivity contribution in [2.24, 2.45) is 0 Å². The third-order valence-electron chi connectivity index (χ3n) is 1.67. The molecule has 0 N–H and O–H groups in total. The number of hydrogen-bond acceptors (Lipinski definition) is 2. The Bertz CT molecular complexity index is 131. The third kappa shape index (κ3) is 2.33. The van der Waals surface area contributed by atoms with Crippen LogP contribution in [0.4, 0.5) is 0 Å². The van der Waals surface area contributed by atoms with Gasteiger partial charge in [-0.05, 0) is 11.7 Å². The van der Waals surface area contributed by atoms with Crippen LogP contribution in [0.1, 0.15) is 33.1 Å². The molecule has 1 unspecified atom stereocenters. The standard InChI is InChI=1S/C8H14OS/c1-6(2)10-8-4-3-7(9)5-8/h6,8H,3-5H2,1-2H3. The van der Waals surface area contributed by atoms with Gasteiger partial charge in [-0.2, -0.15) is 11.8 Å². The van der Waals surface area contributed by atoms with Crippen molar-refractivity contribution < 1.29 is 4.79 Å². The van der Waals surface area contributed by atoms with Crippen LogP contribution in [0.25, 0.3) is 0 Å². The average molecular weight is 158 g/mol. The highest BCUT2D eigenvalue weighted by molar-refractivity contribution is 8.00. The van der Waals surface area contributed by atoms with Crippen LogP contribution in [0.2, 0.25) is 0 Å². The highest BCUT2D eigenvalue weighted by atomic mass is 32.2. The van der Waals surface area contributed by atoms with Gasteiger partial charge in [-0.1, -0.05) is 13.8 Å². The molecule has 0 heterocycles. The predicted molar refractivity (Wildman–Crippen MR) is 45.4 cm³/mol. The Morgan fingerprint density at radius 2 is 2.30 bits per heavy atom. The molecule has 0 aliphatic heterocycles. The second-order valence-electron chi connectivity index (χ2n) is 3.09. The van der Waals surface area contributed by atoms with E-state index in [-0.39, 0.29) is 0 Å². The fraction of sp³-hybridized carbons (Fsp3) is 0.875. The van der Waals surface area contributed by atoms with Gasteiger partial charge in [0.05, 0.1) is 0 Å². The van der Waals surface area contributed by atoms with Crippen LogP contribution in [-0.4, -0.2) is 16.3 Å². The van der Waals surface area contributed by atoms with Crippen LogP contribution in [0.3, 0.4) is 0 Å². The Morgan fingerprint density at radius 3 is 2.70 bits per heavy atom. The van der Waals surface area contributed by atoms with Gasteiger partial charge in [0.2, 0.25) is 0 Å². The molecule has 0 aromatic carbocycles. The summed E-state index contributed by atoms with van der Waals surface area (Å²) in [6.45, 7) is 4.38. The summed E-state index contributed by atoms with van der Waals surface area (Å²) in [5.74, 6) is 0.457. The van der Waals surface area contributed by atoms with E-state index in [0.29, 0.717) is 16.3 Å². The van der Waals surface area contributed by atoms with Crippen LogP contribution < -0.4 is 0 Å². The molecule has 2 heteroatoms. The molecular weight excluding hydrogens is 144 g/mol. The number of thioether (sulfide) groups is 1. The van der Waals surface area contributed by atoms with E-state index in [4.69, 9.17) is 0 Å². The van der Waals surface area contributed by atoms with Gasteiger partial charge in [0, 0.05) is 18.1 Å². The lowest BCUT2D eigenvalue weighted by molar-refractivity contribution is -0.117. The zero-order valence-electron chi connectivity index (χ0n) is 6.59. The van der Waals surface area contributed by atoms with Gasteiger partial charge in [-0.3, -0.25) is 4.79 Å². The van der Waals surface area contributed by atoms with Gasteiger partial charge in [0.25, 0.3) is 0 Å². The van der Waals surface area contributed by atoms with E-state index in [1.165, 1.54) is 0 Å². The lowest BCUT2D eigenvalue weighted by atomic mass is 10.4. The lowest BCUT2D eigenvalue weighted by Crippen LogP contribution is -2.01. The molecule has 1 saturated carbocycles. The van der Waals surface area contributed by atoms with Gasteiger partial charge < -0.3 is 0 Å². The summed E-state index contributed by atoms with van der Waals surface area (Å²) in [5.41, 5.74) is 0. The maximum Gasteiger partial charge on any atom is 0.134 e. The van der Waals surface area contributed by atoms with Crippen molar-refractivity contribution in [2.75, 3.05) is 0 Å². The van der Waals surface area contributed by atoms with E-state index in [0.717, 1.165) is 19.3 Å². The molecule has 1 fully saturated rings. The summed E-state index contributed by atoms with van der Waals surface area (Å²) < 4.78 is 0. The van der Waals surface area contributed by atoms with E-state index in [2.05, 4.69) is 13.8 Å². The maximum atomic E-state index is 10.8. The number of rotatable bonds is 2. The lowest BCUT2D eigenvalue weighted by Gasteiger charge is -2.09. The predicted octanol–water partition coefficient (Wildman–Crippen LogP) is 2.25. The summed E-state index contributed by atoms with van der Waals surface area (Å²) >= 11 is 1.94. The Morgan fingerprint density at radius 1 is 1.60 bits per heavy atom. The topological polar surface area (TPSA) is 17.1 Å². The first-order valence-electron chi connectivity index (χ1n) is 3.85. The van der Waals surface area contributed by atoms with E-state index >= 15 is 0 Å². The minimum atomic E-state index is 0.457. The number of carbonyl (C=O) groups excluding carboxylic acids is 1. The number of ketones is 1. The molecule has 58 valence electrons. The molecule has 1 nitrogen and oxygen atoms in total. The fourth-order valence-electron chi connectivity index (χ4n) is 1.28. The second kappa shape index (κ2) is 3.42. The molecule has 0 bridgehead atoms. The smallest absolute Gasteiger partial charge is 0.134 e. The molecule has 0 amide bonds. The van der Waals surface area contributed by atoms with Gasteiger partial charge in [-0.15, -0.1) is 0 Å². The van der Waals surface area contributed by atoms with Crippen molar-refractivity contribution >= 4 is 17.5 Å². The molecule has 0 radical (unpaired) electrons. The quantitative estimate of drug-likeness (QED) is 0.613. The average Bonchev–Trinajstić information content (AvgIpc) is 2.13. The molecular formula is C8H14OS. The Hall–Kier alpha value is 0.0200. The van der Waals surface area contributed by atoms with Crippen LogP contribution >= 0.6 is 11.8 Å². The third-order valence-corrected chi connectivity index (χ3v) is 3.00. The molecule has 10 heavy (non-hydrogen) atoms. The van der Waals surface area contributed by atoms with Crippen molar-refractivity contribution in [1.82, 2.24) is 0 Å². The zero-order chi connectivity index (χ0) is 7.56. The highest BCUT2D eigenvalue weighted by Crippen LogP contribution is 2.29. The van der Waals surface area contributed by atoms with Crippen LogP contribution in [0.5, 0.6) is 0 Å². The normalized spacial score (nSPS) is 26.3. The summed E-state index contributed by atoms with van der Waals surface area (Å²) in [6.07, 6.45) is 2.76. The van der Waals surface area contributed by atoms with Crippen LogP contribution in [0.15, 0.2) is 0 Å². The van der Waals surface area contributed by atoms with Crippen molar-refractivity contribution in [2.45, 2.75) is 43.6 Å². The molecule has 1 aliphatic rings. The van der Waals surface area contributed by atoms with Gasteiger partial charge in [0.1, 0.15) is 5.78 Å². The number of Topliss-reactive ketones (excluding diaryl/α,β-unsaturated/α-hetero) is 1. The molecule has 0 spiro atoms. The first-order valence-corrected chi connectivity index (χ1v) is 4.80. The molecule has 0 saturated heterocycles. The van der Waals surface area contributed by atoms with Gasteiger partial charge in [0.15, 0.2) is 0 Å². The SMILES string of the molecule is CC(C)SC1CCC(=O)C1. The van der Waals surface area contributed by atoms with E-state index < -0.39 is 0 Å². The highest BCUT2D eigenvalue weighted by Gasteiger charge is 2.22. The Balaban J connectivity index is 2.24. The summed E-state index contributed by atoms with van der Waals surface area (Å²) in [5, 5.41) is 1.31. The largest absolute Gasteiger partial charge is 0.300 e. The zero-order valence-corrected chi connectivity index (χ0v) is 7.41. The Labute approximate surface area is 66.6 Å². The number of carbonyl (C=O) groups is 1. The molecule has 1 atom stereocenters. The van der Waals surface area contributed by atoms with Crippen LogP contribution in [0, 0.1) is 0 Å². The van der Waals surface area contributed by atoms with Crippen LogP contribution in [-0.2, 0) is 4.79 Å². The van der Waals surface area contributed by atoms with E-state index in [9.17, 15) is 4.79 Å². The minimum absolute atomic E-state index is 0.457. The van der Waals surface area contributed by atoms with Crippen molar-refractivity contribution in [3.05, 3.63) is 0 Å². The monoisotopic (exact) mass is 158 g/mol. The molecule has 0 aromatic heterocycles. The molecule has 0 aromatic rings. The minimum Gasteiger partial charge on any atom is -0.300 e. The first kappa shape index (κ1) is 8.12. The van der Waals surface area contributed by atoms with Crippen molar-refractivity contribution in [1.29, 1.82) is 0 Å². The van der Waals surface area contributed by atoms with Crippen molar-refractivity contribution in [3.63, 3.8) is 0 Å². The van der Waals surface area contributed by atoms with Gasteiger partial charge in [-0.25, -0.2) is 0 Å². The molecule has 1 rings (SSSR count). The summed E-state index contributed by atoms with van der Waals surface area (Å²) in [4.78, 5) is 10.8. The maximum absolute atomic E-state index is 10.8.